The highest BCUT2D eigenvalue weighted by molar-refractivity contribution is 5.31. The zero-order valence-electron chi connectivity index (χ0n) is 11.9. The lowest BCUT2D eigenvalue weighted by molar-refractivity contribution is 0.294. The molecule has 5 heteroatoms. The zero-order chi connectivity index (χ0) is 13.9. The maximum absolute atomic E-state index is 12.2. The van der Waals surface area contributed by atoms with Crippen molar-refractivity contribution in [1.82, 2.24) is 9.55 Å². The SMILES string of the molecule is CCC(CC)(CN)CNc1nccn(C2CC2)c1=O. The van der Waals surface area contributed by atoms with Gasteiger partial charge in [0.1, 0.15) is 0 Å². The van der Waals surface area contributed by atoms with Crippen LogP contribution < -0.4 is 16.6 Å². The van der Waals surface area contributed by atoms with Crippen LogP contribution in [-0.4, -0.2) is 22.6 Å². The number of rotatable bonds is 7. The smallest absolute Gasteiger partial charge is 0.293 e. The Morgan fingerprint density at radius 3 is 2.68 bits per heavy atom. The summed E-state index contributed by atoms with van der Waals surface area (Å²) in [5, 5.41) is 3.21. The van der Waals surface area contributed by atoms with Gasteiger partial charge in [-0.25, -0.2) is 4.98 Å². The van der Waals surface area contributed by atoms with Crippen molar-refractivity contribution in [2.75, 3.05) is 18.4 Å². The van der Waals surface area contributed by atoms with Gasteiger partial charge in [0.15, 0.2) is 5.82 Å². The third-order valence-corrected chi connectivity index (χ3v) is 4.37. The van der Waals surface area contributed by atoms with Gasteiger partial charge in [0.05, 0.1) is 0 Å². The third kappa shape index (κ3) is 2.97. The number of nitrogens with zero attached hydrogens (tertiary/aromatic N) is 2. The molecule has 1 heterocycles. The van der Waals surface area contributed by atoms with Crippen LogP contribution in [0.25, 0.3) is 0 Å². The third-order valence-electron chi connectivity index (χ3n) is 4.37. The van der Waals surface area contributed by atoms with Gasteiger partial charge in [0.2, 0.25) is 0 Å². The molecule has 1 aromatic heterocycles. The minimum atomic E-state index is -0.0110. The van der Waals surface area contributed by atoms with Crippen molar-refractivity contribution in [3.8, 4) is 0 Å². The van der Waals surface area contributed by atoms with E-state index in [1.807, 2.05) is 0 Å². The first-order valence-corrected chi connectivity index (χ1v) is 7.17. The van der Waals surface area contributed by atoms with Crippen LogP contribution >= 0.6 is 0 Å². The van der Waals surface area contributed by atoms with E-state index in [0.29, 0.717) is 24.9 Å². The molecule has 1 saturated carbocycles. The standard InChI is InChI=1S/C14H24N4O/c1-3-14(4-2,9-15)10-17-12-13(19)18(8-7-16-12)11-5-6-11/h7-8,11H,3-6,9-10,15H2,1-2H3,(H,16,17). The Kier molecular flexibility index (Phi) is 4.24. The van der Waals surface area contributed by atoms with Crippen molar-refractivity contribution >= 4 is 5.82 Å². The van der Waals surface area contributed by atoms with Gasteiger partial charge >= 0.3 is 0 Å². The maximum Gasteiger partial charge on any atom is 0.293 e. The molecule has 106 valence electrons. The number of nitrogens with one attached hydrogen (secondary N) is 1. The van der Waals surface area contributed by atoms with Gasteiger partial charge in [-0.05, 0) is 37.6 Å². The molecule has 0 aromatic carbocycles. The quantitative estimate of drug-likeness (QED) is 0.787. The molecule has 0 radical (unpaired) electrons. The van der Waals surface area contributed by atoms with Crippen LogP contribution in [-0.2, 0) is 0 Å². The number of hydrogen-bond donors (Lipinski definition) is 2. The second-order valence-electron chi connectivity index (χ2n) is 5.48. The molecule has 0 atom stereocenters. The average molecular weight is 264 g/mol. The van der Waals surface area contributed by atoms with E-state index in [-0.39, 0.29) is 11.0 Å². The molecule has 1 aliphatic carbocycles. The molecular weight excluding hydrogens is 240 g/mol. The molecule has 1 fully saturated rings. The van der Waals surface area contributed by atoms with E-state index in [4.69, 9.17) is 5.73 Å². The normalized spacial score (nSPS) is 15.5. The highest BCUT2D eigenvalue weighted by atomic mass is 16.1. The minimum absolute atomic E-state index is 0.0110. The summed E-state index contributed by atoms with van der Waals surface area (Å²) in [6.07, 6.45) is 7.67. The lowest BCUT2D eigenvalue weighted by atomic mass is 9.82. The number of anilines is 1. The van der Waals surface area contributed by atoms with Crippen LogP contribution in [0, 0.1) is 5.41 Å². The van der Waals surface area contributed by atoms with Crippen molar-refractivity contribution in [1.29, 1.82) is 0 Å². The molecule has 19 heavy (non-hydrogen) atoms. The number of aromatic nitrogens is 2. The van der Waals surface area contributed by atoms with Crippen LogP contribution in [0.3, 0.4) is 0 Å². The van der Waals surface area contributed by atoms with E-state index in [9.17, 15) is 4.79 Å². The summed E-state index contributed by atoms with van der Waals surface area (Å²) in [5.41, 5.74) is 5.91. The monoisotopic (exact) mass is 264 g/mol. The molecule has 3 N–H and O–H groups in total. The van der Waals surface area contributed by atoms with Crippen LogP contribution in [0.5, 0.6) is 0 Å². The number of hydrogen-bond acceptors (Lipinski definition) is 4. The van der Waals surface area contributed by atoms with Crippen LogP contribution in [0.1, 0.15) is 45.6 Å². The highest BCUT2D eigenvalue weighted by Crippen LogP contribution is 2.33. The fourth-order valence-corrected chi connectivity index (χ4v) is 2.32. The molecule has 1 aliphatic rings. The first-order chi connectivity index (χ1) is 9.15. The molecule has 0 unspecified atom stereocenters. The first-order valence-electron chi connectivity index (χ1n) is 7.17. The molecule has 5 nitrogen and oxygen atoms in total. The summed E-state index contributed by atoms with van der Waals surface area (Å²) >= 11 is 0. The summed E-state index contributed by atoms with van der Waals surface area (Å²) in [4.78, 5) is 16.4. The summed E-state index contributed by atoms with van der Waals surface area (Å²) in [5.74, 6) is 0.453. The highest BCUT2D eigenvalue weighted by Gasteiger charge is 2.27. The Balaban J connectivity index is 2.11. The maximum atomic E-state index is 12.2. The Morgan fingerprint density at radius 1 is 1.47 bits per heavy atom. The summed E-state index contributed by atoms with van der Waals surface area (Å²) in [6.45, 7) is 5.60. The predicted octanol–water partition coefficient (Wildman–Crippen LogP) is 1.76. The van der Waals surface area contributed by atoms with Gasteiger partial charge in [-0.15, -0.1) is 0 Å². The molecule has 0 bridgehead atoms. The van der Waals surface area contributed by atoms with Crippen molar-refractivity contribution < 1.29 is 0 Å². The molecular formula is C14H24N4O. The second-order valence-corrected chi connectivity index (χ2v) is 5.48. The van der Waals surface area contributed by atoms with Gasteiger partial charge in [0, 0.05) is 25.0 Å². The van der Waals surface area contributed by atoms with Crippen molar-refractivity contribution in [3.63, 3.8) is 0 Å². The Hall–Kier alpha value is -1.36. The molecule has 0 saturated heterocycles. The summed E-state index contributed by atoms with van der Waals surface area (Å²) < 4.78 is 1.79. The first kappa shape index (κ1) is 14.1. The van der Waals surface area contributed by atoms with Crippen molar-refractivity contribution in [2.45, 2.75) is 45.6 Å². The lowest BCUT2D eigenvalue weighted by Crippen LogP contribution is -2.37. The number of nitrogens with two attached hydrogens (primary N) is 1. The fraction of sp³-hybridized carbons (Fsp3) is 0.714. The second kappa shape index (κ2) is 5.74. The predicted molar refractivity (Wildman–Crippen MR) is 77.3 cm³/mol. The van der Waals surface area contributed by atoms with Gasteiger partial charge in [-0.1, -0.05) is 13.8 Å². The van der Waals surface area contributed by atoms with E-state index < -0.39 is 0 Å². The topological polar surface area (TPSA) is 72.9 Å². The van der Waals surface area contributed by atoms with Gasteiger partial charge in [0.25, 0.3) is 5.56 Å². The molecule has 0 amide bonds. The van der Waals surface area contributed by atoms with Crippen molar-refractivity contribution in [3.05, 3.63) is 22.7 Å². The molecule has 2 rings (SSSR count). The summed E-state index contributed by atoms with van der Waals surface area (Å²) in [6, 6.07) is 0.382. The molecule has 0 spiro atoms. The van der Waals surface area contributed by atoms with E-state index in [2.05, 4.69) is 24.1 Å². The van der Waals surface area contributed by atoms with Gasteiger partial charge in [-0.3, -0.25) is 4.79 Å². The Labute approximate surface area is 114 Å². The largest absolute Gasteiger partial charge is 0.365 e. The van der Waals surface area contributed by atoms with E-state index in [1.165, 1.54) is 0 Å². The van der Waals surface area contributed by atoms with Gasteiger partial charge < -0.3 is 15.6 Å². The van der Waals surface area contributed by atoms with E-state index >= 15 is 0 Å². The molecule has 1 aromatic rings. The Bertz CT molecular complexity index is 466. The van der Waals surface area contributed by atoms with Gasteiger partial charge in [-0.2, -0.15) is 0 Å². The average Bonchev–Trinajstić information content (AvgIpc) is 3.27. The van der Waals surface area contributed by atoms with E-state index in [1.54, 1.807) is 17.0 Å². The zero-order valence-corrected chi connectivity index (χ0v) is 11.9. The lowest BCUT2D eigenvalue weighted by Gasteiger charge is -2.30. The van der Waals surface area contributed by atoms with E-state index in [0.717, 1.165) is 25.7 Å². The van der Waals surface area contributed by atoms with Crippen LogP contribution in [0.2, 0.25) is 0 Å². The van der Waals surface area contributed by atoms with Crippen LogP contribution in [0.4, 0.5) is 5.82 Å². The van der Waals surface area contributed by atoms with Crippen molar-refractivity contribution in [2.24, 2.45) is 11.1 Å². The Morgan fingerprint density at radius 2 is 2.16 bits per heavy atom. The van der Waals surface area contributed by atoms with Crippen LogP contribution in [0.15, 0.2) is 17.2 Å². The fourth-order valence-electron chi connectivity index (χ4n) is 2.32. The summed E-state index contributed by atoms with van der Waals surface area (Å²) in [7, 11) is 0. The molecule has 0 aliphatic heterocycles. The minimum Gasteiger partial charge on any atom is -0.365 e.